The lowest BCUT2D eigenvalue weighted by Crippen LogP contribution is -2.16. The maximum absolute atomic E-state index is 10.4. The van der Waals surface area contributed by atoms with Crippen molar-refractivity contribution in [2.75, 3.05) is 0 Å². The van der Waals surface area contributed by atoms with Crippen LogP contribution in [0.25, 0.3) is 0 Å². The van der Waals surface area contributed by atoms with Crippen molar-refractivity contribution in [3.05, 3.63) is 35.9 Å². The zero-order chi connectivity index (χ0) is 21.2. The number of aliphatic hydroxyl groups is 1. The fraction of sp³-hybridized carbons (Fsp3) is 0.720. The van der Waals surface area contributed by atoms with Gasteiger partial charge in [-0.25, -0.2) is 0 Å². The summed E-state index contributed by atoms with van der Waals surface area (Å²) in [6, 6.07) is 10.3. The number of aliphatic hydroxyl groups excluding tert-OH is 1. The van der Waals surface area contributed by atoms with Gasteiger partial charge in [0.15, 0.2) is 0 Å². The third-order valence-electron chi connectivity index (χ3n) is 5.53. The number of hydrogen-bond acceptors (Lipinski definition) is 3. The molecule has 0 aliphatic rings. The first-order chi connectivity index (χ1) is 14.1. The molecule has 1 aromatic carbocycles. The lowest BCUT2D eigenvalue weighted by Gasteiger charge is -2.18. The number of benzene rings is 1. The van der Waals surface area contributed by atoms with E-state index in [4.69, 9.17) is 9.84 Å². The van der Waals surface area contributed by atoms with E-state index in [2.05, 4.69) is 19.1 Å². The summed E-state index contributed by atoms with van der Waals surface area (Å²) in [7, 11) is 0. The minimum atomic E-state index is -0.683. The molecule has 0 spiro atoms. The standard InChI is InChI=1S/C25H42O4/c1-2-24(29-21-22-15-11-10-12-16-22)20-19-23(26)17-13-8-6-4-3-5-7-9-14-18-25(27)28/h10-12,15-16,23-24,26H,2-9,13-14,17-21H2,1H3,(H,27,28). The fourth-order valence-corrected chi connectivity index (χ4v) is 3.61. The van der Waals surface area contributed by atoms with E-state index in [0.29, 0.717) is 13.0 Å². The molecule has 4 heteroatoms. The van der Waals surface area contributed by atoms with Crippen LogP contribution < -0.4 is 0 Å². The number of unbranched alkanes of at least 4 members (excludes halogenated alkanes) is 8. The second kappa shape index (κ2) is 17.5. The Balaban J connectivity index is 1.93. The predicted molar refractivity (Wildman–Crippen MR) is 119 cm³/mol. The average molecular weight is 407 g/mol. The minimum Gasteiger partial charge on any atom is -0.481 e. The van der Waals surface area contributed by atoms with E-state index >= 15 is 0 Å². The van der Waals surface area contributed by atoms with Crippen LogP contribution in [-0.2, 0) is 16.1 Å². The number of carboxylic acids is 1. The van der Waals surface area contributed by atoms with Gasteiger partial charge in [-0.3, -0.25) is 4.79 Å². The van der Waals surface area contributed by atoms with Crippen molar-refractivity contribution in [1.29, 1.82) is 0 Å². The predicted octanol–water partition coefficient (Wildman–Crippen LogP) is 6.50. The first-order valence-corrected chi connectivity index (χ1v) is 11.7. The van der Waals surface area contributed by atoms with E-state index in [9.17, 15) is 9.90 Å². The fourth-order valence-electron chi connectivity index (χ4n) is 3.61. The third-order valence-corrected chi connectivity index (χ3v) is 5.53. The van der Waals surface area contributed by atoms with Gasteiger partial charge in [-0.15, -0.1) is 0 Å². The first-order valence-electron chi connectivity index (χ1n) is 11.7. The molecule has 2 atom stereocenters. The molecule has 4 nitrogen and oxygen atoms in total. The summed E-state index contributed by atoms with van der Waals surface area (Å²) in [4.78, 5) is 10.4. The highest BCUT2D eigenvalue weighted by Crippen LogP contribution is 2.16. The summed E-state index contributed by atoms with van der Waals surface area (Å²) in [5, 5.41) is 18.8. The molecule has 1 rings (SSSR count). The smallest absolute Gasteiger partial charge is 0.303 e. The highest BCUT2D eigenvalue weighted by molar-refractivity contribution is 5.66. The molecule has 0 aromatic heterocycles. The lowest BCUT2D eigenvalue weighted by molar-refractivity contribution is -0.137. The maximum Gasteiger partial charge on any atom is 0.303 e. The first kappa shape index (κ1) is 25.6. The highest BCUT2D eigenvalue weighted by Gasteiger charge is 2.11. The average Bonchev–Trinajstić information content (AvgIpc) is 2.72. The molecular formula is C25H42O4. The van der Waals surface area contributed by atoms with Crippen LogP contribution in [0.15, 0.2) is 30.3 Å². The number of ether oxygens (including phenoxy) is 1. The van der Waals surface area contributed by atoms with Crippen molar-refractivity contribution in [3.8, 4) is 0 Å². The van der Waals surface area contributed by atoms with Crippen LogP contribution >= 0.6 is 0 Å². The van der Waals surface area contributed by atoms with Crippen molar-refractivity contribution in [1.82, 2.24) is 0 Å². The Morgan fingerprint density at radius 2 is 1.45 bits per heavy atom. The van der Waals surface area contributed by atoms with Gasteiger partial charge in [-0.2, -0.15) is 0 Å². The van der Waals surface area contributed by atoms with Crippen LogP contribution in [0.3, 0.4) is 0 Å². The van der Waals surface area contributed by atoms with Crippen molar-refractivity contribution in [2.45, 2.75) is 116 Å². The molecule has 0 bridgehead atoms. The molecule has 0 amide bonds. The molecule has 0 fully saturated rings. The number of carboxylic acid groups (broad SMARTS) is 1. The number of rotatable bonds is 19. The Hall–Kier alpha value is -1.39. The van der Waals surface area contributed by atoms with E-state index < -0.39 is 5.97 Å². The molecule has 0 heterocycles. The van der Waals surface area contributed by atoms with E-state index in [1.165, 1.54) is 37.7 Å². The normalized spacial score (nSPS) is 13.3. The van der Waals surface area contributed by atoms with Gasteiger partial charge in [0.05, 0.1) is 18.8 Å². The molecule has 0 aliphatic heterocycles. The van der Waals surface area contributed by atoms with Crippen LogP contribution in [0.2, 0.25) is 0 Å². The molecule has 2 N–H and O–H groups in total. The van der Waals surface area contributed by atoms with E-state index in [-0.39, 0.29) is 12.2 Å². The molecule has 29 heavy (non-hydrogen) atoms. The molecule has 0 aliphatic carbocycles. The van der Waals surface area contributed by atoms with Gasteiger partial charge < -0.3 is 14.9 Å². The van der Waals surface area contributed by atoms with Crippen LogP contribution in [0.4, 0.5) is 0 Å². The van der Waals surface area contributed by atoms with Gasteiger partial charge in [-0.05, 0) is 37.7 Å². The largest absolute Gasteiger partial charge is 0.481 e. The van der Waals surface area contributed by atoms with Crippen molar-refractivity contribution in [2.24, 2.45) is 0 Å². The minimum absolute atomic E-state index is 0.210. The summed E-state index contributed by atoms with van der Waals surface area (Å²) in [6.07, 6.45) is 14.2. The molecular weight excluding hydrogens is 364 g/mol. The molecule has 0 saturated carbocycles. The zero-order valence-electron chi connectivity index (χ0n) is 18.4. The summed E-state index contributed by atoms with van der Waals surface area (Å²) in [5.41, 5.74) is 1.20. The van der Waals surface area contributed by atoms with Crippen molar-refractivity contribution in [3.63, 3.8) is 0 Å². The lowest BCUT2D eigenvalue weighted by atomic mass is 10.0. The van der Waals surface area contributed by atoms with E-state index in [1.54, 1.807) is 0 Å². The van der Waals surface area contributed by atoms with Crippen molar-refractivity contribution >= 4 is 5.97 Å². The maximum atomic E-state index is 10.4. The van der Waals surface area contributed by atoms with Gasteiger partial charge in [0.1, 0.15) is 0 Å². The summed E-state index contributed by atoms with van der Waals surface area (Å²) in [6.45, 7) is 2.79. The van der Waals surface area contributed by atoms with Gasteiger partial charge in [-0.1, -0.05) is 88.6 Å². The van der Waals surface area contributed by atoms with Crippen LogP contribution in [0.1, 0.15) is 102 Å². The number of carbonyl (C=O) groups is 1. The van der Waals surface area contributed by atoms with Crippen LogP contribution in [0, 0.1) is 0 Å². The SMILES string of the molecule is CCC(CCC(O)CCCCCCCCCCCC(=O)O)OCc1ccccc1. The summed E-state index contributed by atoms with van der Waals surface area (Å²) < 4.78 is 6.00. The Morgan fingerprint density at radius 3 is 2.03 bits per heavy atom. The van der Waals surface area contributed by atoms with Gasteiger partial charge in [0.25, 0.3) is 0 Å². The van der Waals surface area contributed by atoms with E-state index in [0.717, 1.165) is 51.4 Å². The second-order valence-electron chi connectivity index (χ2n) is 8.17. The Bertz CT molecular complexity index is 503. The van der Waals surface area contributed by atoms with Gasteiger partial charge in [0.2, 0.25) is 0 Å². The quantitative estimate of drug-likeness (QED) is 0.257. The highest BCUT2D eigenvalue weighted by atomic mass is 16.5. The Kier molecular flexibility index (Phi) is 15.4. The Morgan fingerprint density at radius 1 is 0.862 bits per heavy atom. The third kappa shape index (κ3) is 15.2. The van der Waals surface area contributed by atoms with Crippen LogP contribution in [-0.4, -0.2) is 28.4 Å². The monoisotopic (exact) mass is 406 g/mol. The molecule has 1 aromatic rings. The molecule has 2 unspecified atom stereocenters. The number of aliphatic carboxylic acids is 1. The van der Waals surface area contributed by atoms with Gasteiger partial charge >= 0.3 is 5.97 Å². The second-order valence-corrected chi connectivity index (χ2v) is 8.17. The molecule has 166 valence electrons. The van der Waals surface area contributed by atoms with Crippen molar-refractivity contribution < 1.29 is 19.7 Å². The topological polar surface area (TPSA) is 66.8 Å². The van der Waals surface area contributed by atoms with Crippen LogP contribution in [0.5, 0.6) is 0 Å². The number of hydrogen-bond donors (Lipinski definition) is 2. The zero-order valence-corrected chi connectivity index (χ0v) is 18.4. The van der Waals surface area contributed by atoms with Gasteiger partial charge in [0, 0.05) is 6.42 Å². The summed E-state index contributed by atoms with van der Waals surface area (Å²) >= 11 is 0. The van der Waals surface area contributed by atoms with E-state index in [1.807, 2.05) is 18.2 Å². The Labute approximate surface area is 177 Å². The molecule has 0 radical (unpaired) electrons. The molecule has 0 saturated heterocycles. The summed E-state index contributed by atoms with van der Waals surface area (Å²) in [5.74, 6) is -0.683.